The highest BCUT2D eigenvalue weighted by atomic mass is 35.5. The molecule has 6 nitrogen and oxygen atoms in total. The fraction of sp³-hybridized carbons (Fsp3) is 0.350. The smallest absolute Gasteiger partial charge is 0.244 e. The molecule has 0 aliphatic carbocycles. The molecule has 0 saturated heterocycles. The van der Waals surface area contributed by atoms with E-state index in [1.165, 1.54) is 26.2 Å². The fourth-order valence-electron chi connectivity index (χ4n) is 2.79. The molecule has 0 aromatic heterocycles. The van der Waals surface area contributed by atoms with E-state index in [4.69, 9.17) is 23.2 Å². The molecule has 0 saturated carbocycles. The number of benzene rings is 2. The number of hydrogen-bond donors (Lipinski definition) is 2. The summed E-state index contributed by atoms with van der Waals surface area (Å²) in [5.74, 6) is -0.0449. The van der Waals surface area contributed by atoms with Crippen LogP contribution in [-0.4, -0.2) is 39.3 Å². The number of anilines is 1. The Morgan fingerprint density at radius 2 is 1.69 bits per heavy atom. The van der Waals surface area contributed by atoms with Crippen LogP contribution >= 0.6 is 23.2 Å². The van der Waals surface area contributed by atoms with Crippen LogP contribution in [0.15, 0.2) is 47.4 Å². The van der Waals surface area contributed by atoms with Gasteiger partial charge >= 0.3 is 0 Å². The third kappa shape index (κ3) is 6.17. The van der Waals surface area contributed by atoms with Gasteiger partial charge in [-0.2, -0.15) is 0 Å². The number of nitrogens with zero attached hydrogens (tertiary/aromatic N) is 1. The SMILES string of the molecule is CC(C)C(NCC(=O)Nc1ccc(Cl)c(S(=O)(=O)N(C)C)c1)c1ccc(Cl)cc1. The third-order valence-corrected chi connectivity index (χ3v) is 6.90. The Morgan fingerprint density at radius 1 is 1.07 bits per heavy atom. The van der Waals surface area contributed by atoms with Crippen molar-refractivity contribution in [2.45, 2.75) is 24.8 Å². The highest BCUT2D eigenvalue weighted by Gasteiger charge is 2.22. The maximum Gasteiger partial charge on any atom is 0.244 e. The summed E-state index contributed by atoms with van der Waals surface area (Å²) in [6, 6.07) is 11.8. The highest BCUT2D eigenvalue weighted by molar-refractivity contribution is 7.89. The second kappa shape index (κ2) is 9.91. The molecule has 0 spiro atoms. The van der Waals surface area contributed by atoms with Crippen LogP contribution in [0.3, 0.4) is 0 Å². The molecule has 9 heteroatoms. The van der Waals surface area contributed by atoms with Crippen LogP contribution in [0.25, 0.3) is 0 Å². The van der Waals surface area contributed by atoms with E-state index in [-0.39, 0.29) is 34.3 Å². The van der Waals surface area contributed by atoms with Crippen molar-refractivity contribution in [3.8, 4) is 0 Å². The summed E-state index contributed by atoms with van der Waals surface area (Å²) in [5.41, 5.74) is 1.39. The molecule has 0 fully saturated rings. The van der Waals surface area contributed by atoms with E-state index in [9.17, 15) is 13.2 Å². The molecule has 2 rings (SSSR count). The first-order valence-electron chi connectivity index (χ1n) is 9.03. The van der Waals surface area contributed by atoms with Gasteiger partial charge in [-0.3, -0.25) is 4.79 Å². The Balaban J connectivity index is 2.09. The van der Waals surface area contributed by atoms with Crippen molar-refractivity contribution in [3.63, 3.8) is 0 Å². The third-order valence-electron chi connectivity index (χ3n) is 4.35. The number of nitrogens with one attached hydrogen (secondary N) is 2. The first-order valence-corrected chi connectivity index (χ1v) is 11.2. The van der Waals surface area contributed by atoms with Crippen molar-refractivity contribution in [1.82, 2.24) is 9.62 Å². The summed E-state index contributed by atoms with van der Waals surface area (Å²) in [4.78, 5) is 12.4. The number of carbonyl (C=O) groups is 1. The van der Waals surface area contributed by atoms with Gasteiger partial charge in [0.25, 0.3) is 0 Å². The van der Waals surface area contributed by atoms with E-state index in [1.807, 2.05) is 24.3 Å². The zero-order valence-electron chi connectivity index (χ0n) is 16.7. The van der Waals surface area contributed by atoms with Crippen LogP contribution in [0, 0.1) is 5.92 Å². The Morgan fingerprint density at radius 3 is 2.24 bits per heavy atom. The normalized spacial score (nSPS) is 13.0. The minimum Gasteiger partial charge on any atom is -0.325 e. The van der Waals surface area contributed by atoms with Gasteiger partial charge in [0.1, 0.15) is 4.90 Å². The first-order chi connectivity index (χ1) is 13.5. The van der Waals surface area contributed by atoms with Gasteiger partial charge in [-0.05, 0) is 41.8 Å². The molecule has 1 atom stereocenters. The largest absolute Gasteiger partial charge is 0.325 e. The minimum absolute atomic E-state index is 0.0343. The van der Waals surface area contributed by atoms with Gasteiger partial charge in [0.2, 0.25) is 15.9 Å². The van der Waals surface area contributed by atoms with Crippen LogP contribution in [-0.2, 0) is 14.8 Å². The fourth-order valence-corrected chi connectivity index (χ4v) is 4.31. The Bertz CT molecular complexity index is 961. The summed E-state index contributed by atoms with van der Waals surface area (Å²) >= 11 is 12.0. The van der Waals surface area contributed by atoms with Gasteiger partial charge in [-0.15, -0.1) is 0 Å². The van der Waals surface area contributed by atoms with E-state index >= 15 is 0 Å². The van der Waals surface area contributed by atoms with Gasteiger partial charge in [0.05, 0.1) is 11.6 Å². The Hall–Kier alpha value is -1.64. The number of rotatable bonds is 8. The lowest BCUT2D eigenvalue weighted by molar-refractivity contribution is -0.115. The molecule has 1 unspecified atom stereocenters. The highest BCUT2D eigenvalue weighted by Crippen LogP contribution is 2.27. The van der Waals surface area contributed by atoms with E-state index in [0.29, 0.717) is 10.7 Å². The molecule has 2 aromatic rings. The summed E-state index contributed by atoms with van der Waals surface area (Å²) in [6.45, 7) is 4.17. The van der Waals surface area contributed by atoms with Crippen LogP contribution in [0.4, 0.5) is 5.69 Å². The molecule has 0 heterocycles. The number of hydrogen-bond acceptors (Lipinski definition) is 4. The summed E-state index contributed by atoms with van der Waals surface area (Å²) in [5, 5.41) is 6.70. The lowest BCUT2D eigenvalue weighted by Crippen LogP contribution is -2.33. The zero-order chi connectivity index (χ0) is 21.8. The average Bonchev–Trinajstić information content (AvgIpc) is 2.64. The maximum absolute atomic E-state index is 12.4. The summed E-state index contributed by atoms with van der Waals surface area (Å²) < 4.78 is 25.8. The van der Waals surface area contributed by atoms with E-state index < -0.39 is 10.0 Å². The van der Waals surface area contributed by atoms with Crippen LogP contribution < -0.4 is 10.6 Å². The van der Waals surface area contributed by atoms with E-state index in [0.717, 1.165) is 9.87 Å². The predicted molar refractivity (Wildman–Crippen MR) is 118 cm³/mol. The standard InChI is InChI=1S/C20H25Cl2N3O3S/c1-13(2)20(14-5-7-15(21)8-6-14)23-12-19(26)24-16-9-10-17(22)18(11-16)29(27,28)25(3)4/h5-11,13,20,23H,12H2,1-4H3,(H,24,26). The van der Waals surface area contributed by atoms with Crippen molar-refractivity contribution < 1.29 is 13.2 Å². The van der Waals surface area contributed by atoms with Gasteiger partial charge in [0.15, 0.2) is 0 Å². The lowest BCUT2D eigenvalue weighted by Gasteiger charge is -2.23. The molecular weight excluding hydrogens is 433 g/mol. The Labute approximate surface area is 182 Å². The molecule has 0 aliphatic rings. The molecule has 1 amide bonds. The number of sulfonamides is 1. The predicted octanol–water partition coefficient (Wildman–Crippen LogP) is 4.17. The van der Waals surface area contributed by atoms with Crippen molar-refractivity contribution in [2.75, 3.05) is 26.0 Å². The molecule has 2 N–H and O–H groups in total. The zero-order valence-corrected chi connectivity index (χ0v) is 19.1. The van der Waals surface area contributed by atoms with Crippen molar-refractivity contribution in [3.05, 3.63) is 58.1 Å². The molecule has 0 aliphatic heterocycles. The molecule has 158 valence electrons. The number of amides is 1. The topological polar surface area (TPSA) is 78.5 Å². The lowest BCUT2D eigenvalue weighted by atomic mass is 9.96. The monoisotopic (exact) mass is 457 g/mol. The number of halogens is 2. The van der Waals surface area contributed by atoms with E-state index in [2.05, 4.69) is 24.5 Å². The van der Waals surface area contributed by atoms with Crippen LogP contribution in [0.1, 0.15) is 25.5 Å². The quantitative estimate of drug-likeness (QED) is 0.623. The minimum atomic E-state index is -3.72. The molecular formula is C20H25Cl2N3O3S. The second-order valence-electron chi connectivity index (χ2n) is 7.13. The van der Waals surface area contributed by atoms with E-state index in [1.54, 1.807) is 6.07 Å². The summed E-state index contributed by atoms with van der Waals surface area (Å²) in [7, 11) is -0.878. The van der Waals surface area contributed by atoms with Crippen LogP contribution in [0.2, 0.25) is 10.0 Å². The molecule has 0 bridgehead atoms. The van der Waals surface area contributed by atoms with Gasteiger partial charge in [0, 0.05) is 30.8 Å². The Kier molecular flexibility index (Phi) is 8.08. The maximum atomic E-state index is 12.4. The van der Waals surface area contributed by atoms with Gasteiger partial charge in [-0.25, -0.2) is 12.7 Å². The van der Waals surface area contributed by atoms with Gasteiger partial charge in [-0.1, -0.05) is 49.2 Å². The van der Waals surface area contributed by atoms with Crippen LogP contribution in [0.5, 0.6) is 0 Å². The summed E-state index contributed by atoms with van der Waals surface area (Å²) in [6.07, 6.45) is 0. The molecule has 29 heavy (non-hydrogen) atoms. The van der Waals surface area contributed by atoms with Crippen molar-refractivity contribution >= 4 is 44.8 Å². The van der Waals surface area contributed by atoms with Crippen molar-refractivity contribution in [2.24, 2.45) is 5.92 Å². The van der Waals surface area contributed by atoms with Gasteiger partial charge < -0.3 is 10.6 Å². The first kappa shape index (κ1) is 23.6. The van der Waals surface area contributed by atoms with Crippen molar-refractivity contribution in [1.29, 1.82) is 0 Å². The second-order valence-corrected chi connectivity index (χ2v) is 10.1. The number of carbonyl (C=O) groups excluding carboxylic acids is 1. The molecule has 0 radical (unpaired) electrons. The average molecular weight is 458 g/mol. The molecule has 2 aromatic carbocycles.